The SMILES string of the molecule is CCN1CCC(CNC(=NC)NCc2nc(C(C)C)cs2)C1.I. The molecule has 23 heavy (non-hydrogen) atoms. The summed E-state index contributed by atoms with van der Waals surface area (Å²) >= 11 is 1.71. The van der Waals surface area contributed by atoms with E-state index in [-0.39, 0.29) is 24.0 Å². The Morgan fingerprint density at radius 2 is 2.26 bits per heavy atom. The van der Waals surface area contributed by atoms with Crippen LogP contribution in [0.2, 0.25) is 0 Å². The molecule has 0 saturated carbocycles. The molecule has 0 spiro atoms. The van der Waals surface area contributed by atoms with Gasteiger partial charge in [-0.05, 0) is 31.3 Å². The fourth-order valence-corrected chi connectivity index (χ4v) is 3.55. The van der Waals surface area contributed by atoms with E-state index >= 15 is 0 Å². The summed E-state index contributed by atoms with van der Waals surface area (Å²) in [5.74, 6) is 2.09. The molecule has 2 rings (SSSR count). The van der Waals surface area contributed by atoms with Crippen LogP contribution < -0.4 is 10.6 Å². The van der Waals surface area contributed by atoms with E-state index in [2.05, 4.69) is 51.7 Å². The first-order valence-electron chi connectivity index (χ1n) is 8.23. The van der Waals surface area contributed by atoms with Gasteiger partial charge < -0.3 is 15.5 Å². The van der Waals surface area contributed by atoms with Crippen LogP contribution in [-0.2, 0) is 6.54 Å². The average molecular weight is 451 g/mol. The second-order valence-electron chi connectivity index (χ2n) is 6.18. The minimum Gasteiger partial charge on any atom is -0.356 e. The smallest absolute Gasteiger partial charge is 0.191 e. The van der Waals surface area contributed by atoms with Crippen LogP contribution in [-0.4, -0.2) is 49.1 Å². The number of aromatic nitrogens is 1. The third kappa shape index (κ3) is 6.54. The molecule has 1 atom stereocenters. The lowest BCUT2D eigenvalue weighted by molar-refractivity contribution is 0.342. The number of likely N-dealkylation sites (tertiary alicyclic amines) is 1. The number of hydrogen-bond donors (Lipinski definition) is 2. The molecule has 0 aromatic carbocycles. The molecule has 2 heterocycles. The van der Waals surface area contributed by atoms with Crippen molar-refractivity contribution in [3.63, 3.8) is 0 Å². The monoisotopic (exact) mass is 451 g/mol. The molecule has 1 aliphatic heterocycles. The normalized spacial score (nSPS) is 19.0. The number of guanidine groups is 1. The van der Waals surface area contributed by atoms with E-state index < -0.39 is 0 Å². The van der Waals surface area contributed by atoms with Gasteiger partial charge >= 0.3 is 0 Å². The van der Waals surface area contributed by atoms with Gasteiger partial charge in [-0.1, -0.05) is 20.8 Å². The fraction of sp³-hybridized carbons (Fsp3) is 0.750. The van der Waals surface area contributed by atoms with Crippen molar-refractivity contribution in [1.29, 1.82) is 0 Å². The molecule has 0 bridgehead atoms. The van der Waals surface area contributed by atoms with Crippen molar-refractivity contribution in [3.05, 3.63) is 16.1 Å². The summed E-state index contributed by atoms with van der Waals surface area (Å²) in [4.78, 5) is 11.4. The topological polar surface area (TPSA) is 52.5 Å². The Balaban J connectivity index is 0.00000264. The third-order valence-corrected chi connectivity index (χ3v) is 5.03. The van der Waals surface area contributed by atoms with Crippen molar-refractivity contribution in [2.24, 2.45) is 10.9 Å². The largest absolute Gasteiger partial charge is 0.356 e. The summed E-state index contributed by atoms with van der Waals surface area (Å²) in [7, 11) is 1.82. The lowest BCUT2D eigenvalue weighted by Crippen LogP contribution is -2.39. The summed E-state index contributed by atoms with van der Waals surface area (Å²) in [6.45, 7) is 11.9. The molecule has 5 nitrogen and oxygen atoms in total. The molecule has 1 saturated heterocycles. The standard InChI is InChI=1S/C16H29N5S.HI/c1-5-21-7-6-13(10-21)8-18-16(17-4)19-9-15-20-14(11-22-15)12(2)3;/h11-13H,5-10H2,1-4H3,(H2,17,18,19);1H. The lowest BCUT2D eigenvalue weighted by Gasteiger charge is -2.16. The van der Waals surface area contributed by atoms with Gasteiger partial charge in [-0.2, -0.15) is 0 Å². The molecule has 132 valence electrons. The van der Waals surface area contributed by atoms with E-state index in [9.17, 15) is 0 Å². The van der Waals surface area contributed by atoms with Gasteiger partial charge in [0.25, 0.3) is 0 Å². The van der Waals surface area contributed by atoms with Crippen LogP contribution in [0.25, 0.3) is 0 Å². The maximum Gasteiger partial charge on any atom is 0.191 e. The van der Waals surface area contributed by atoms with Gasteiger partial charge in [0.05, 0.1) is 12.2 Å². The minimum atomic E-state index is 0. The highest BCUT2D eigenvalue weighted by Gasteiger charge is 2.20. The summed E-state index contributed by atoms with van der Waals surface area (Å²) in [5.41, 5.74) is 1.18. The van der Waals surface area contributed by atoms with E-state index in [1.54, 1.807) is 11.3 Å². The summed E-state index contributed by atoms with van der Waals surface area (Å²) in [6.07, 6.45) is 1.28. The Hall–Kier alpha value is -0.410. The van der Waals surface area contributed by atoms with Gasteiger partial charge in [0.2, 0.25) is 0 Å². The van der Waals surface area contributed by atoms with Gasteiger partial charge in [-0.25, -0.2) is 4.98 Å². The van der Waals surface area contributed by atoms with Crippen LogP contribution >= 0.6 is 35.3 Å². The molecule has 7 heteroatoms. The van der Waals surface area contributed by atoms with Crippen molar-refractivity contribution >= 4 is 41.3 Å². The predicted octanol–water partition coefficient (Wildman–Crippen LogP) is 2.89. The second-order valence-corrected chi connectivity index (χ2v) is 7.12. The van der Waals surface area contributed by atoms with Crippen molar-refractivity contribution in [3.8, 4) is 0 Å². The zero-order valence-electron chi connectivity index (χ0n) is 14.6. The first kappa shape index (κ1) is 20.6. The number of rotatable bonds is 6. The van der Waals surface area contributed by atoms with Crippen molar-refractivity contribution < 1.29 is 0 Å². The zero-order valence-corrected chi connectivity index (χ0v) is 17.8. The molecule has 1 aromatic rings. The van der Waals surface area contributed by atoms with Crippen LogP contribution in [0.3, 0.4) is 0 Å². The second kappa shape index (κ2) is 10.5. The first-order valence-corrected chi connectivity index (χ1v) is 9.11. The van der Waals surface area contributed by atoms with E-state index in [1.807, 2.05) is 7.05 Å². The molecule has 1 unspecified atom stereocenters. The van der Waals surface area contributed by atoms with Crippen LogP contribution in [0.1, 0.15) is 43.8 Å². The number of nitrogens with one attached hydrogen (secondary N) is 2. The zero-order chi connectivity index (χ0) is 15.9. The van der Waals surface area contributed by atoms with Crippen LogP contribution in [0.15, 0.2) is 10.4 Å². The molecule has 1 fully saturated rings. The molecule has 0 amide bonds. The van der Waals surface area contributed by atoms with Gasteiger partial charge in [-0.3, -0.25) is 4.99 Å². The number of aliphatic imine (C=N–C) groups is 1. The summed E-state index contributed by atoms with van der Waals surface area (Å²) in [5, 5.41) is 10.1. The van der Waals surface area contributed by atoms with Crippen LogP contribution in [0, 0.1) is 5.92 Å². The maximum atomic E-state index is 4.64. The fourth-order valence-electron chi connectivity index (χ4n) is 2.66. The molecule has 0 aliphatic carbocycles. The molecule has 1 aliphatic rings. The molecular formula is C16H30IN5S. The van der Waals surface area contributed by atoms with E-state index in [0.29, 0.717) is 5.92 Å². The van der Waals surface area contributed by atoms with Crippen LogP contribution in [0.5, 0.6) is 0 Å². The number of thiazole rings is 1. The minimum absolute atomic E-state index is 0. The quantitative estimate of drug-likeness (QED) is 0.397. The van der Waals surface area contributed by atoms with Gasteiger partial charge in [-0.15, -0.1) is 35.3 Å². The number of hydrogen-bond acceptors (Lipinski definition) is 4. The highest BCUT2D eigenvalue weighted by atomic mass is 127. The summed E-state index contributed by atoms with van der Waals surface area (Å²) < 4.78 is 0. The molecular weight excluding hydrogens is 421 g/mol. The highest BCUT2D eigenvalue weighted by molar-refractivity contribution is 14.0. The van der Waals surface area contributed by atoms with E-state index in [1.165, 1.54) is 25.2 Å². The average Bonchev–Trinajstić information content (AvgIpc) is 3.16. The van der Waals surface area contributed by atoms with Gasteiger partial charge in [0.15, 0.2) is 5.96 Å². The highest BCUT2D eigenvalue weighted by Crippen LogP contribution is 2.17. The maximum absolute atomic E-state index is 4.64. The molecule has 2 N–H and O–H groups in total. The van der Waals surface area contributed by atoms with Gasteiger partial charge in [0.1, 0.15) is 5.01 Å². The number of nitrogens with zero attached hydrogens (tertiary/aromatic N) is 3. The lowest BCUT2D eigenvalue weighted by atomic mass is 10.1. The Labute approximate surface area is 161 Å². The molecule has 0 radical (unpaired) electrons. The first-order chi connectivity index (χ1) is 10.6. The van der Waals surface area contributed by atoms with E-state index in [4.69, 9.17) is 0 Å². The Kier molecular flexibility index (Phi) is 9.38. The third-order valence-electron chi connectivity index (χ3n) is 4.17. The number of halogens is 1. The van der Waals surface area contributed by atoms with Crippen molar-refractivity contribution in [2.75, 3.05) is 33.2 Å². The van der Waals surface area contributed by atoms with Crippen molar-refractivity contribution in [1.82, 2.24) is 20.5 Å². The Morgan fingerprint density at radius 3 is 2.83 bits per heavy atom. The Morgan fingerprint density at radius 1 is 1.48 bits per heavy atom. The Bertz CT molecular complexity index is 489. The summed E-state index contributed by atoms with van der Waals surface area (Å²) in [6, 6.07) is 0. The van der Waals surface area contributed by atoms with Gasteiger partial charge in [0, 0.05) is 25.5 Å². The molecule has 1 aromatic heterocycles. The van der Waals surface area contributed by atoms with Crippen LogP contribution in [0.4, 0.5) is 0 Å². The van der Waals surface area contributed by atoms with E-state index in [0.717, 1.165) is 36.5 Å². The van der Waals surface area contributed by atoms with Crippen molar-refractivity contribution in [2.45, 2.75) is 39.7 Å². The predicted molar refractivity (Wildman–Crippen MR) is 110 cm³/mol.